The number of aromatic nitrogens is 1. The Bertz CT molecular complexity index is 1120. The molecule has 0 aliphatic carbocycles. The van der Waals surface area contributed by atoms with Gasteiger partial charge in [0.2, 0.25) is 0 Å². The highest BCUT2D eigenvalue weighted by Crippen LogP contribution is 2.40. The number of halogens is 1. The first-order chi connectivity index (χ1) is 15.3. The molecule has 33 heavy (non-hydrogen) atoms. The maximum Gasteiger partial charge on any atom is 0.285 e. The number of hydrogen-bond donors (Lipinski definition) is 3. The molecule has 10 heteroatoms. The largest absolute Gasteiger partial charge is 1.00 e. The summed E-state index contributed by atoms with van der Waals surface area (Å²) in [5.74, 6) is 1.42. The van der Waals surface area contributed by atoms with Crippen LogP contribution >= 0.6 is 11.5 Å². The molecule has 5 N–H and O–H groups in total. The van der Waals surface area contributed by atoms with E-state index in [4.69, 9.17) is 14.2 Å². The zero-order valence-electron chi connectivity index (χ0n) is 19.1. The van der Waals surface area contributed by atoms with Crippen LogP contribution < -0.4 is 37.7 Å². The van der Waals surface area contributed by atoms with Gasteiger partial charge in [0.15, 0.2) is 17.5 Å². The number of aliphatic hydroxyl groups excluding tert-OH is 1. The first-order valence-corrected chi connectivity index (χ1v) is 10.8. The van der Waals surface area contributed by atoms with E-state index in [2.05, 4.69) is 15.4 Å². The summed E-state index contributed by atoms with van der Waals surface area (Å²) in [5.41, 5.74) is 8.59. The van der Waals surface area contributed by atoms with Gasteiger partial charge in [-0.05, 0) is 60.8 Å². The molecule has 178 valence electrons. The fraction of sp³-hybridized carbons (Fsp3) is 0.304. The Morgan fingerprint density at radius 1 is 1.09 bits per heavy atom. The molecule has 8 nitrogen and oxygen atoms in total. The number of ether oxygens (including phenoxy) is 3. The summed E-state index contributed by atoms with van der Waals surface area (Å²) in [6.07, 6.45) is -0.870. The molecule has 1 amide bonds. The van der Waals surface area contributed by atoms with E-state index in [0.717, 1.165) is 27.9 Å². The Morgan fingerprint density at radius 2 is 1.79 bits per heavy atom. The van der Waals surface area contributed by atoms with Crippen molar-refractivity contribution in [2.24, 2.45) is 0 Å². The number of hydrogen-bond acceptors (Lipinski definition) is 7. The van der Waals surface area contributed by atoms with Gasteiger partial charge in [0, 0.05) is 16.5 Å². The lowest BCUT2D eigenvalue weighted by Crippen LogP contribution is -3.00. The summed E-state index contributed by atoms with van der Waals surface area (Å²) in [7, 11) is 4.75. The predicted molar refractivity (Wildman–Crippen MR) is 124 cm³/mol. The molecule has 2 atom stereocenters. The summed E-state index contributed by atoms with van der Waals surface area (Å²) in [4.78, 5) is 12.5. The topological polar surface area (TPSA) is 118 Å². The first-order valence-electron chi connectivity index (χ1n) is 9.98. The van der Waals surface area contributed by atoms with E-state index in [1.165, 1.54) is 25.6 Å². The summed E-state index contributed by atoms with van der Waals surface area (Å²) in [5, 5.41) is 14.4. The number of benzene rings is 2. The van der Waals surface area contributed by atoms with Crippen LogP contribution in [0.4, 0.5) is 5.69 Å². The number of rotatable bonds is 8. The van der Waals surface area contributed by atoms with Crippen LogP contribution in [0.3, 0.4) is 0 Å². The Hall–Kier alpha value is -2.85. The lowest BCUT2D eigenvalue weighted by atomic mass is 9.99. The Kier molecular flexibility index (Phi) is 9.07. The summed E-state index contributed by atoms with van der Waals surface area (Å²) in [6.45, 7) is 3.48. The van der Waals surface area contributed by atoms with Crippen LogP contribution in [0.15, 0.2) is 35.7 Å². The number of quaternary nitrogens is 1. The van der Waals surface area contributed by atoms with Crippen LogP contribution in [-0.2, 0) is 4.79 Å². The third-order valence-electron chi connectivity index (χ3n) is 5.20. The van der Waals surface area contributed by atoms with Crippen molar-refractivity contribution >= 4 is 23.1 Å². The number of carbonyl (C=O) groups is 1. The molecule has 0 aliphatic rings. The molecule has 0 saturated carbocycles. The number of carbonyl (C=O) groups excluding carboxylic acids is 1. The second-order valence-corrected chi connectivity index (χ2v) is 7.99. The van der Waals surface area contributed by atoms with Crippen molar-refractivity contribution in [2.75, 3.05) is 26.6 Å². The molecule has 3 rings (SSSR count). The maximum absolute atomic E-state index is 12.5. The standard InChI is InChI=1S/C23H27N3O5S.ClH/c1-12-8-15(10-19(30-4)22(12)31-5)21-16(11-32-26-21)14-6-7-18(29-3)17(9-14)25-23(28)20(24)13(2)27;/h6-11,13,20,27H,24H2,1-5H3,(H,25,28);1H/t13?,20-;/m0./s1. The second-order valence-electron chi connectivity index (χ2n) is 7.36. The molecular formula is C23H28ClN3O5S. The monoisotopic (exact) mass is 493 g/mol. The van der Waals surface area contributed by atoms with E-state index in [1.807, 2.05) is 36.6 Å². The minimum Gasteiger partial charge on any atom is -1.00 e. The van der Waals surface area contributed by atoms with Crippen molar-refractivity contribution in [3.05, 3.63) is 41.3 Å². The minimum atomic E-state index is -0.870. The molecule has 0 spiro atoms. The highest BCUT2D eigenvalue weighted by atomic mass is 35.5. The van der Waals surface area contributed by atoms with E-state index in [0.29, 0.717) is 22.9 Å². The van der Waals surface area contributed by atoms with E-state index < -0.39 is 18.1 Å². The lowest BCUT2D eigenvalue weighted by molar-refractivity contribution is -0.418. The van der Waals surface area contributed by atoms with Gasteiger partial charge in [0.25, 0.3) is 5.91 Å². The zero-order valence-corrected chi connectivity index (χ0v) is 20.7. The number of amides is 1. The van der Waals surface area contributed by atoms with Crippen molar-refractivity contribution in [3.8, 4) is 39.6 Å². The smallest absolute Gasteiger partial charge is 0.285 e. The molecule has 0 bridgehead atoms. The molecule has 0 radical (unpaired) electrons. The summed E-state index contributed by atoms with van der Waals surface area (Å²) < 4.78 is 21.0. The van der Waals surface area contributed by atoms with Gasteiger partial charge in [-0.15, -0.1) is 0 Å². The second kappa shape index (κ2) is 11.3. The van der Waals surface area contributed by atoms with Gasteiger partial charge in [0.05, 0.1) is 32.7 Å². The molecule has 0 fully saturated rings. The molecule has 1 unspecified atom stereocenters. The highest BCUT2D eigenvalue weighted by Gasteiger charge is 2.24. The van der Waals surface area contributed by atoms with Crippen molar-refractivity contribution in [1.29, 1.82) is 0 Å². The number of aliphatic hydroxyl groups is 1. The maximum atomic E-state index is 12.5. The van der Waals surface area contributed by atoms with Gasteiger partial charge < -0.3 is 42.8 Å². The van der Waals surface area contributed by atoms with Gasteiger partial charge in [-0.1, -0.05) is 6.07 Å². The van der Waals surface area contributed by atoms with Gasteiger partial charge in [-0.25, -0.2) is 0 Å². The minimum absolute atomic E-state index is 0. The fourth-order valence-electron chi connectivity index (χ4n) is 3.36. The van der Waals surface area contributed by atoms with Crippen molar-refractivity contribution < 1.29 is 42.3 Å². The van der Waals surface area contributed by atoms with Crippen LogP contribution in [0.25, 0.3) is 22.4 Å². The zero-order chi connectivity index (χ0) is 23.4. The van der Waals surface area contributed by atoms with Gasteiger partial charge in [0.1, 0.15) is 11.9 Å². The van der Waals surface area contributed by atoms with Gasteiger partial charge in [-0.3, -0.25) is 4.79 Å². The summed E-state index contributed by atoms with van der Waals surface area (Å²) >= 11 is 1.34. The number of nitrogens with zero attached hydrogens (tertiary/aromatic N) is 1. The number of anilines is 1. The average molecular weight is 494 g/mol. The molecule has 0 aliphatic heterocycles. The quantitative estimate of drug-likeness (QED) is 0.398. The molecule has 3 aromatic rings. The van der Waals surface area contributed by atoms with Crippen LogP contribution in [0.5, 0.6) is 17.2 Å². The fourth-order valence-corrected chi connectivity index (χ4v) is 4.07. The normalized spacial score (nSPS) is 12.3. The lowest BCUT2D eigenvalue weighted by Gasteiger charge is -2.16. The van der Waals surface area contributed by atoms with E-state index in [-0.39, 0.29) is 12.4 Å². The first kappa shape index (κ1) is 26.4. The van der Waals surface area contributed by atoms with E-state index in [9.17, 15) is 9.90 Å². The van der Waals surface area contributed by atoms with Crippen LogP contribution in [0.2, 0.25) is 0 Å². The molecular weight excluding hydrogens is 466 g/mol. The third kappa shape index (κ3) is 5.56. The van der Waals surface area contributed by atoms with Crippen LogP contribution in [0.1, 0.15) is 12.5 Å². The van der Waals surface area contributed by atoms with E-state index in [1.54, 1.807) is 20.3 Å². The predicted octanol–water partition coefficient (Wildman–Crippen LogP) is -0.255. The average Bonchev–Trinajstić information content (AvgIpc) is 3.27. The van der Waals surface area contributed by atoms with Crippen LogP contribution in [0, 0.1) is 6.92 Å². The van der Waals surface area contributed by atoms with Gasteiger partial charge >= 0.3 is 0 Å². The van der Waals surface area contributed by atoms with Crippen LogP contribution in [-0.4, -0.2) is 48.9 Å². The molecule has 1 heterocycles. The third-order valence-corrected chi connectivity index (χ3v) is 5.82. The van der Waals surface area contributed by atoms with Gasteiger partial charge in [-0.2, -0.15) is 4.37 Å². The SMILES string of the molecule is COc1ccc(-c2csnc2-c2cc(C)c(OC)c(OC)c2)cc1NC(=O)[C@@H]([NH3+])C(C)O.[Cl-]. The van der Waals surface area contributed by atoms with E-state index >= 15 is 0 Å². The van der Waals surface area contributed by atoms with Crippen molar-refractivity contribution in [2.45, 2.75) is 26.0 Å². The summed E-state index contributed by atoms with van der Waals surface area (Å²) in [6, 6.07) is 8.61. The number of methoxy groups -OCH3 is 3. The number of nitrogens with one attached hydrogen (secondary N) is 1. The Morgan fingerprint density at radius 3 is 2.39 bits per heavy atom. The highest BCUT2D eigenvalue weighted by molar-refractivity contribution is 7.04. The Balaban J connectivity index is 0.00000385. The molecule has 2 aromatic carbocycles. The number of aryl methyl sites for hydroxylation is 1. The molecule has 1 aromatic heterocycles. The Labute approximate surface area is 203 Å². The van der Waals surface area contributed by atoms with Crippen molar-refractivity contribution in [3.63, 3.8) is 0 Å². The molecule has 0 saturated heterocycles. The van der Waals surface area contributed by atoms with Crippen molar-refractivity contribution in [1.82, 2.24) is 4.37 Å².